The fourth-order valence-corrected chi connectivity index (χ4v) is 3.70. The Hall–Kier alpha value is -2.22. The zero-order chi connectivity index (χ0) is 20.1. The molecule has 0 unspecified atom stereocenters. The summed E-state index contributed by atoms with van der Waals surface area (Å²) in [6.45, 7) is 4.01. The van der Waals surface area contributed by atoms with Gasteiger partial charge in [-0.15, -0.1) is 0 Å². The maximum absolute atomic E-state index is 11.9. The lowest BCUT2D eigenvalue weighted by molar-refractivity contribution is 0.252. The van der Waals surface area contributed by atoms with Crippen molar-refractivity contribution in [1.29, 1.82) is 0 Å². The molecule has 3 rings (SSSR count). The second-order valence-electron chi connectivity index (χ2n) is 5.96. The Bertz CT molecular complexity index is 1020. The van der Waals surface area contributed by atoms with E-state index in [0.717, 1.165) is 14.9 Å². The molecule has 1 aromatic heterocycles. The molecule has 5 nitrogen and oxygen atoms in total. The molecule has 0 saturated carbocycles. The maximum atomic E-state index is 11.9. The van der Waals surface area contributed by atoms with Gasteiger partial charge < -0.3 is 9.73 Å². The molecular weight excluding hydrogens is 462 g/mol. The van der Waals surface area contributed by atoms with Crippen LogP contribution in [0.1, 0.15) is 16.9 Å². The van der Waals surface area contributed by atoms with Crippen molar-refractivity contribution in [2.75, 3.05) is 5.32 Å². The summed E-state index contributed by atoms with van der Waals surface area (Å²) in [4.78, 5) is 12.9. The fourth-order valence-electron chi connectivity index (χ4n) is 2.24. The molecule has 1 heterocycles. The molecule has 8 heteroatoms. The van der Waals surface area contributed by atoms with Crippen LogP contribution in [0.4, 0.5) is 10.5 Å². The van der Waals surface area contributed by atoms with Crippen molar-refractivity contribution < 1.29 is 9.21 Å². The molecule has 2 aromatic carbocycles. The molecule has 0 saturated heterocycles. The third-order valence-corrected chi connectivity index (χ3v) is 5.92. The molecule has 0 atom stereocenters. The van der Waals surface area contributed by atoms with Crippen LogP contribution in [0, 0.1) is 13.8 Å². The van der Waals surface area contributed by atoms with Crippen LogP contribution in [0.5, 0.6) is 0 Å². The predicted octanol–water partition coefficient (Wildman–Crippen LogP) is 6.62. The standard InChI is InChI=1S/C20H17BrClN3O2S/c1-12-3-6-15(9-13(12)2)24-20(26)25-23-11-16-10-18(21)19(27-16)28-17-7-4-14(22)5-8-17/h3-11H,1-2H3,(H2,24,25,26)/b23-11+. The molecule has 3 aromatic rings. The maximum Gasteiger partial charge on any atom is 0.339 e. The highest BCUT2D eigenvalue weighted by Gasteiger charge is 2.10. The number of urea groups is 1. The van der Waals surface area contributed by atoms with E-state index in [4.69, 9.17) is 16.0 Å². The third-order valence-electron chi connectivity index (χ3n) is 3.82. The van der Waals surface area contributed by atoms with Gasteiger partial charge in [0.1, 0.15) is 5.76 Å². The van der Waals surface area contributed by atoms with Gasteiger partial charge in [0.25, 0.3) is 0 Å². The van der Waals surface area contributed by atoms with E-state index in [9.17, 15) is 4.79 Å². The number of carbonyl (C=O) groups excluding carboxylic acids is 1. The minimum absolute atomic E-state index is 0.430. The second kappa shape index (κ2) is 9.32. The van der Waals surface area contributed by atoms with E-state index in [-0.39, 0.29) is 0 Å². The predicted molar refractivity (Wildman–Crippen MR) is 118 cm³/mol. The van der Waals surface area contributed by atoms with Gasteiger partial charge in [-0.3, -0.25) is 0 Å². The highest BCUT2D eigenvalue weighted by atomic mass is 79.9. The first-order valence-corrected chi connectivity index (χ1v) is 10.3. The Balaban J connectivity index is 1.57. The van der Waals surface area contributed by atoms with Crippen molar-refractivity contribution in [3.63, 3.8) is 0 Å². The van der Waals surface area contributed by atoms with E-state index >= 15 is 0 Å². The summed E-state index contributed by atoms with van der Waals surface area (Å²) < 4.78 is 6.54. The topological polar surface area (TPSA) is 66.6 Å². The van der Waals surface area contributed by atoms with Crippen LogP contribution in [0.25, 0.3) is 0 Å². The largest absolute Gasteiger partial charge is 0.447 e. The van der Waals surface area contributed by atoms with Crippen molar-refractivity contribution >= 4 is 57.2 Å². The molecular formula is C20H17BrClN3O2S. The highest BCUT2D eigenvalue weighted by Crippen LogP contribution is 2.35. The Morgan fingerprint density at radius 2 is 1.89 bits per heavy atom. The molecule has 0 aliphatic rings. The number of benzene rings is 2. The smallest absolute Gasteiger partial charge is 0.339 e. The number of nitrogens with one attached hydrogen (secondary N) is 2. The minimum Gasteiger partial charge on any atom is -0.447 e. The zero-order valence-corrected chi connectivity index (χ0v) is 18.3. The average molecular weight is 479 g/mol. The van der Waals surface area contributed by atoms with Gasteiger partial charge in [-0.05, 0) is 77.3 Å². The number of rotatable bonds is 5. The van der Waals surface area contributed by atoms with E-state index in [1.165, 1.54) is 23.5 Å². The number of hydrogen-bond donors (Lipinski definition) is 2. The number of nitrogens with zero attached hydrogens (tertiary/aromatic N) is 1. The van der Waals surface area contributed by atoms with Gasteiger partial charge in [0.05, 0.1) is 10.7 Å². The monoisotopic (exact) mass is 477 g/mol. The highest BCUT2D eigenvalue weighted by molar-refractivity contribution is 9.10. The molecule has 144 valence electrons. The Morgan fingerprint density at radius 3 is 2.61 bits per heavy atom. The minimum atomic E-state index is -0.430. The van der Waals surface area contributed by atoms with Crippen molar-refractivity contribution in [3.8, 4) is 0 Å². The summed E-state index contributed by atoms with van der Waals surface area (Å²) in [6, 6.07) is 14.5. The molecule has 2 amide bonds. The van der Waals surface area contributed by atoms with Gasteiger partial charge >= 0.3 is 6.03 Å². The molecule has 0 spiro atoms. The van der Waals surface area contributed by atoms with Crippen molar-refractivity contribution in [2.45, 2.75) is 23.8 Å². The Labute approximate surface area is 180 Å². The van der Waals surface area contributed by atoms with Crippen LogP contribution in [-0.4, -0.2) is 12.2 Å². The molecule has 2 N–H and O–H groups in total. The van der Waals surface area contributed by atoms with Crippen LogP contribution in [0.3, 0.4) is 0 Å². The average Bonchev–Trinajstić information content (AvgIpc) is 2.99. The van der Waals surface area contributed by atoms with Gasteiger partial charge in [-0.25, -0.2) is 10.2 Å². The van der Waals surface area contributed by atoms with Crippen molar-refractivity contribution in [2.24, 2.45) is 5.10 Å². The van der Waals surface area contributed by atoms with Crippen LogP contribution in [-0.2, 0) is 0 Å². The van der Waals surface area contributed by atoms with Crippen LogP contribution in [0.2, 0.25) is 5.02 Å². The Kier molecular flexibility index (Phi) is 6.83. The van der Waals surface area contributed by atoms with Gasteiger partial charge in [-0.1, -0.05) is 29.4 Å². The third kappa shape index (κ3) is 5.64. The lowest BCUT2D eigenvalue weighted by Gasteiger charge is -2.06. The number of carbonyl (C=O) groups is 1. The lowest BCUT2D eigenvalue weighted by Crippen LogP contribution is -2.24. The van der Waals surface area contributed by atoms with Crippen LogP contribution >= 0.6 is 39.3 Å². The molecule has 0 bridgehead atoms. The number of furan rings is 1. The number of hydrogen-bond acceptors (Lipinski definition) is 4. The van der Waals surface area contributed by atoms with Crippen molar-refractivity contribution in [3.05, 3.63) is 74.9 Å². The van der Waals surface area contributed by atoms with Crippen LogP contribution < -0.4 is 10.7 Å². The molecule has 0 radical (unpaired) electrons. The summed E-state index contributed by atoms with van der Waals surface area (Å²) >= 11 is 10.8. The fraction of sp³-hybridized carbons (Fsp3) is 0.100. The lowest BCUT2D eigenvalue weighted by atomic mass is 10.1. The summed E-state index contributed by atoms with van der Waals surface area (Å²) in [5.41, 5.74) is 5.40. The first-order valence-electron chi connectivity index (χ1n) is 8.31. The molecule has 0 fully saturated rings. The van der Waals surface area contributed by atoms with Gasteiger partial charge in [0, 0.05) is 21.7 Å². The molecule has 0 aliphatic heterocycles. The van der Waals surface area contributed by atoms with E-state index in [2.05, 4.69) is 31.8 Å². The first-order chi connectivity index (χ1) is 13.4. The number of amides is 2. The summed E-state index contributed by atoms with van der Waals surface area (Å²) in [5.74, 6) is 0.509. The summed E-state index contributed by atoms with van der Waals surface area (Å²) in [5, 5.41) is 8.02. The van der Waals surface area contributed by atoms with E-state index in [1.54, 1.807) is 6.07 Å². The van der Waals surface area contributed by atoms with Gasteiger partial charge in [0.15, 0.2) is 5.09 Å². The quantitative estimate of drug-likeness (QED) is 0.320. The number of hydrazone groups is 1. The second-order valence-corrected chi connectivity index (χ2v) is 8.30. The van der Waals surface area contributed by atoms with Crippen LogP contribution in [0.15, 0.2) is 72.5 Å². The zero-order valence-electron chi connectivity index (χ0n) is 15.1. The SMILES string of the molecule is Cc1ccc(NC(=O)N/N=C/c2cc(Br)c(Sc3ccc(Cl)cc3)o2)cc1C. The van der Waals surface area contributed by atoms with Gasteiger partial charge in [0.2, 0.25) is 0 Å². The summed E-state index contributed by atoms with van der Waals surface area (Å²) in [7, 11) is 0. The first kappa shape index (κ1) is 20.5. The van der Waals surface area contributed by atoms with E-state index < -0.39 is 6.03 Å². The molecule has 28 heavy (non-hydrogen) atoms. The number of halogens is 2. The molecule has 0 aliphatic carbocycles. The van der Waals surface area contributed by atoms with Gasteiger partial charge in [-0.2, -0.15) is 5.10 Å². The van der Waals surface area contributed by atoms with E-state index in [1.807, 2.05) is 56.3 Å². The number of anilines is 1. The van der Waals surface area contributed by atoms with Crippen molar-refractivity contribution in [1.82, 2.24) is 5.43 Å². The summed E-state index contributed by atoms with van der Waals surface area (Å²) in [6.07, 6.45) is 1.44. The number of aryl methyl sites for hydroxylation is 2. The Morgan fingerprint density at radius 1 is 1.14 bits per heavy atom. The van der Waals surface area contributed by atoms with E-state index in [0.29, 0.717) is 21.6 Å². The normalized spacial score (nSPS) is 11.0.